The second kappa shape index (κ2) is 66.6. The van der Waals surface area contributed by atoms with E-state index < -0.39 is 97.5 Å². The number of ether oxygens (including phenoxy) is 4. The average molecular weight is 1400 g/mol. The van der Waals surface area contributed by atoms with Crippen LogP contribution in [0.4, 0.5) is 0 Å². The Morgan fingerprint density at radius 2 is 0.484 bits per heavy atom. The maximum Gasteiger partial charge on any atom is 0.472 e. The fraction of sp³-hybridized carbons (Fsp3) is 0.947. The van der Waals surface area contributed by atoms with Gasteiger partial charge in [-0.3, -0.25) is 37.3 Å². The van der Waals surface area contributed by atoms with E-state index in [1.807, 2.05) is 0 Å². The standard InChI is InChI=1S/C76H148O17P2/c1-8-9-10-11-12-36-43-50-57-73(78)86-63-71(93-76(81)60-53-46-39-32-26-29-35-42-49-56-69(6)7)65-90-94(82,83)88-61-70(77)62-89-95(84,85)91-66-72(64-87-74(79)58-51-44-37-30-25-21-23-28-34-41-48-55-68(4)5)92-75(80)59-52-45-38-31-24-20-18-16-14-13-15-17-19-22-27-33-40-47-54-67(2)3/h67-72,77H,8-66H2,1-7H3,(H,82,83)(H,84,85)/t70-,71+,72+/m0/s1. The molecule has 0 aromatic rings. The smallest absolute Gasteiger partial charge is 0.462 e. The third kappa shape index (κ3) is 70.3. The Labute approximate surface area is 581 Å². The predicted molar refractivity (Wildman–Crippen MR) is 386 cm³/mol. The zero-order valence-electron chi connectivity index (χ0n) is 62.1. The first-order chi connectivity index (χ1) is 45.7. The zero-order valence-corrected chi connectivity index (χ0v) is 63.9. The Morgan fingerprint density at radius 3 is 0.716 bits per heavy atom. The molecule has 0 saturated carbocycles. The highest BCUT2D eigenvalue weighted by molar-refractivity contribution is 7.47. The van der Waals surface area contributed by atoms with Crippen LogP contribution in [0, 0.1) is 17.8 Å². The van der Waals surface area contributed by atoms with Crippen molar-refractivity contribution in [2.75, 3.05) is 39.6 Å². The number of unbranched alkanes of at least 4 members (excludes halogenated alkanes) is 42. The molecule has 0 aromatic carbocycles. The van der Waals surface area contributed by atoms with Gasteiger partial charge in [0.05, 0.1) is 26.4 Å². The first-order valence-corrected chi connectivity index (χ1v) is 42.3. The van der Waals surface area contributed by atoms with Gasteiger partial charge in [-0.15, -0.1) is 0 Å². The highest BCUT2D eigenvalue weighted by Gasteiger charge is 2.30. The van der Waals surface area contributed by atoms with E-state index in [0.29, 0.717) is 25.7 Å². The van der Waals surface area contributed by atoms with E-state index in [1.165, 1.54) is 193 Å². The Bertz CT molecular complexity index is 1850. The van der Waals surface area contributed by atoms with Gasteiger partial charge in [0.15, 0.2) is 12.2 Å². The van der Waals surface area contributed by atoms with Gasteiger partial charge in [-0.05, 0) is 43.4 Å². The van der Waals surface area contributed by atoms with Crippen molar-refractivity contribution in [3.05, 3.63) is 0 Å². The zero-order chi connectivity index (χ0) is 70.1. The van der Waals surface area contributed by atoms with E-state index in [1.54, 1.807) is 0 Å². The van der Waals surface area contributed by atoms with Gasteiger partial charge in [-0.1, -0.05) is 337 Å². The Kier molecular flexibility index (Phi) is 65.2. The number of phosphoric ester groups is 2. The van der Waals surface area contributed by atoms with Crippen LogP contribution in [0.1, 0.15) is 389 Å². The van der Waals surface area contributed by atoms with Crippen molar-refractivity contribution in [1.82, 2.24) is 0 Å². The topological polar surface area (TPSA) is 237 Å². The predicted octanol–water partition coefficient (Wildman–Crippen LogP) is 22.2. The summed E-state index contributed by atoms with van der Waals surface area (Å²) in [6.45, 7) is 11.9. The van der Waals surface area contributed by atoms with Gasteiger partial charge in [-0.25, -0.2) is 9.13 Å². The SMILES string of the molecule is CCCCCCCCCCC(=O)OC[C@H](COP(=O)(O)OC[C@H](O)COP(=O)(O)OC[C@@H](COC(=O)CCCCCCCCCCCCCC(C)C)OC(=O)CCCCCCCCCCCCCCCCCCCCC(C)C)OC(=O)CCCCCCCCCCCC(C)C. The van der Waals surface area contributed by atoms with Gasteiger partial charge in [0.2, 0.25) is 0 Å². The van der Waals surface area contributed by atoms with Gasteiger partial charge >= 0.3 is 39.5 Å². The third-order valence-electron chi connectivity index (χ3n) is 17.6. The van der Waals surface area contributed by atoms with E-state index in [2.05, 4.69) is 48.5 Å². The summed E-state index contributed by atoms with van der Waals surface area (Å²) in [6.07, 6.45) is 52.9. The Balaban J connectivity index is 5.18. The molecule has 0 fully saturated rings. The van der Waals surface area contributed by atoms with Gasteiger partial charge in [-0.2, -0.15) is 0 Å². The van der Waals surface area contributed by atoms with Crippen LogP contribution in [0.5, 0.6) is 0 Å². The number of aliphatic hydroxyl groups excluding tert-OH is 1. The summed E-state index contributed by atoms with van der Waals surface area (Å²) in [5, 5.41) is 10.6. The van der Waals surface area contributed by atoms with E-state index in [-0.39, 0.29) is 25.7 Å². The summed E-state index contributed by atoms with van der Waals surface area (Å²) in [4.78, 5) is 72.7. The minimum absolute atomic E-state index is 0.105. The van der Waals surface area contributed by atoms with Crippen molar-refractivity contribution >= 4 is 39.5 Å². The lowest BCUT2D eigenvalue weighted by Gasteiger charge is -2.21. The number of carbonyl (C=O) groups excluding carboxylic acids is 4. The summed E-state index contributed by atoms with van der Waals surface area (Å²) in [5.41, 5.74) is 0. The van der Waals surface area contributed by atoms with Crippen LogP contribution in [0.2, 0.25) is 0 Å². The van der Waals surface area contributed by atoms with Crippen molar-refractivity contribution in [3.8, 4) is 0 Å². The second-order valence-corrected chi connectivity index (χ2v) is 31.7. The summed E-state index contributed by atoms with van der Waals surface area (Å²) in [7, 11) is -9.91. The number of esters is 4. The molecule has 0 aliphatic heterocycles. The lowest BCUT2D eigenvalue weighted by Crippen LogP contribution is -2.30. The van der Waals surface area contributed by atoms with Crippen LogP contribution in [-0.4, -0.2) is 96.7 Å². The molecule has 3 N–H and O–H groups in total. The van der Waals surface area contributed by atoms with Crippen LogP contribution in [0.15, 0.2) is 0 Å². The van der Waals surface area contributed by atoms with Crippen LogP contribution in [-0.2, 0) is 65.4 Å². The lowest BCUT2D eigenvalue weighted by atomic mass is 10.0. The molecule has 0 spiro atoms. The molecule has 0 aromatic heterocycles. The number of aliphatic hydroxyl groups is 1. The molecule has 0 heterocycles. The molecule has 17 nitrogen and oxygen atoms in total. The average Bonchev–Trinajstić information content (AvgIpc) is 1.54. The summed E-state index contributed by atoms with van der Waals surface area (Å²) in [5.74, 6) is 0.207. The largest absolute Gasteiger partial charge is 0.472 e. The van der Waals surface area contributed by atoms with Crippen LogP contribution in [0.3, 0.4) is 0 Å². The Hall–Kier alpha value is -1.94. The third-order valence-corrected chi connectivity index (χ3v) is 19.5. The highest BCUT2D eigenvalue weighted by atomic mass is 31.2. The monoisotopic (exact) mass is 1400 g/mol. The molecule has 0 rings (SSSR count). The van der Waals surface area contributed by atoms with Gasteiger partial charge in [0, 0.05) is 25.7 Å². The minimum atomic E-state index is -4.96. The van der Waals surface area contributed by atoms with Crippen molar-refractivity contribution in [1.29, 1.82) is 0 Å². The van der Waals surface area contributed by atoms with Gasteiger partial charge in [0.25, 0.3) is 0 Å². The highest BCUT2D eigenvalue weighted by Crippen LogP contribution is 2.45. The molecular formula is C76H148O17P2. The van der Waals surface area contributed by atoms with Crippen LogP contribution < -0.4 is 0 Å². The molecule has 5 atom stereocenters. The summed E-state index contributed by atoms with van der Waals surface area (Å²) < 4.78 is 68.4. The molecule has 0 amide bonds. The number of hydrogen-bond acceptors (Lipinski definition) is 15. The number of hydrogen-bond donors (Lipinski definition) is 3. The van der Waals surface area contributed by atoms with Crippen molar-refractivity contribution in [2.24, 2.45) is 17.8 Å². The van der Waals surface area contributed by atoms with Crippen molar-refractivity contribution < 1.29 is 80.2 Å². The van der Waals surface area contributed by atoms with Gasteiger partial charge < -0.3 is 33.8 Å². The molecule has 0 saturated heterocycles. The van der Waals surface area contributed by atoms with E-state index in [0.717, 1.165) is 114 Å². The number of rotatable bonds is 74. The second-order valence-electron chi connectivity index (χ2n) is 28.8. The van der Waals surface area contributed by atoms with E-state index >= 15 is 0 Å². The molecule has 0 aliphatic carbocycles. The summed E-state index contributed by atoms with van der Waals surface area (Å²) >= 11 is 0. The molecule has 0 bridgehead atoms. The Morgan fingerprint density at radius 1 is 0.284 bits per heavy atom. The van der Waals surface area contributed by atoms with E-state index in [9.17, 15) is 43.2 Å². The normalized spacial score (nSPS) is 14.1. The maximum atomic E-state index is 13.1. The van der Waals surface area contributed by atoms with E-state index in [4.69, 9.17) is 37.0 Å². The molecular weight excluding hydrogens is 1250 g/mol. The molecule has 0 aliphatic rings. The molecule has 0 radical (unpaired) electrons. The van der Waals surface area contributed by atoms with Crippen LogP contribution in [0.25, 0.3) is 0 Å². The first-order valence-electron chi connectivity index (χ1n) is 39.3. The quantitative estimate of drug-likeness (QED) is 0.0222. The fourth-order valence-corrected chi connectivity index (χ4v) is 13.2. The molecule has 2 unspecified atom stereocenters. The van der Waals surface area contributed by atoms with Gasteiger partial charge in [0.1, 0.15) is 19.3 Å². The summed E-state index contributed by atoms with van der Waals surface area (Å²) in [6, 6.07) is 0. The van der Waals surface area contributed by atoms with Crippen LogP contribution >= 0.6 is 15.6 Å². The van der Waals surface area contributed by atoms with Crippen molar-refractivity contribution in [2.45, 2.75) is 407 Å². The maximum absolute atomic E-state index is 13.1. The minimum Gasteiger partial charge on any atom is -0.462 e. The first kappa shape index (κ1) is 93.1. The molecule has 19 heteroatoms. The number of carbonyl (C=O) groups is 4. The molecule has 95 heavy (non-hydrogen) atoms. The fourth-order valence-electron chi connectivity index (χ4n) is 11.6. The molecule has 564 valence electrons. The number of phosphoric acid groups is 2. The lowest BCUT2D eigenvalue weighted by molar-refractivity contribution is -0.161. The van der Waals surface area contributed by atoms with Crippen molar-refractivity contribution in [3.63, 3.8) is 0 Å².